The van der Waals surface area contributed by atoms with E-state index < -0.39 is 17.9 Å². The number of nitrogens with zero attached hydrogens (tertiary/aromatic N) is 3. The summed E-state index contributed by atoms with van der Waals surface area (Å²) in [4.78, 5) is 45.8. The predicted molar refractivity (Wildman–Crippen MR) is 122 cm³/mol. The molecule has 0 aliphatic heterocycles. The maximum absolute atomic E-state index is 12.3. The summed E-state index contributed by atoms with van der Waals surface area (Å²) in [6.07, 6.45) is 0.571. The Kier molecular flexibility index (Phi) is 8.30. The Balaban J connectivity index is 2.02. The van der Waals surface area contributed by atoms with Gasteiger partial charge in [0.25, 0.3) is 11.8 Å². The van der Waals surface area contributed by atoms with Crippen LogP contribution in [-0.2, 0) is 16.0 Å². The Hall–Kier alpha value is -3.93. The molecule has 3 amide bonds. The predicted octanol–water partition coefficient (Wildman–Crippen LogP) is 1.46. The average molecular weight is 437 g/mol. The molecule has 1 atom stereocenters. The molecule has 1 aromatic carbocycles. The highest BCUT2D eigenvalue weighted by Gasteiger charge is 2.21. The van der Waals surface area contributed by atoms with Crippen LogP contribution in [0.15, 0.2) is 24.3 Å². The van der Waals surface area contributed by atoms with E-state index in [1.54, 1.807) is 34.7 Å². The van der Waals surface area contributed by atoms with Gasteiger partial charge in [-0.2, -0.15) is 0 Å². The summed E-state index contributed by atoms with van der Waals surface area (Å²) in [7, 11) is 1.54. The van der Waals surface area contributed by atoms with Gasteiger partial charge in [0.1, 0.15) is 6.04 Å². The standard InChI is InChI=1S/C23H28N6O3/c1-6-8-19(30)29(5)16(4)23(32)25-12-11-17-9-7-10-18(13-17)28-22-20(21(24)31)26-14(2)15(3)27-22/h7,9-10,13,16H,11-12H2,1-5H3,(H2,24,31)(H,25,32)(H,27,28). The van der Waals surface area contributed by atoms with E-state index in [9.17, 15) is 14.4 Å². The number of likely N-dealkylation sites (N-methyl/N-ethyl adjacent to an activating group) is 1. The number of benzene rings is 1. The highest BCUT2D eigenvalue weighted by atomic mass is 16.2. The van der Waals surface area contributed by atoms with Crippen molar-refractivity contribution in [2.75, 3.05) is 18.9 Å². The van der Waals surface area contributed by atoms with Crippen LogP contribution in [0, 0.1) is 25.7 Å². The topological polar surface area (TPSA) is 130 Å². The summed E-state index contributed by atoms with van der Waals surface area (Å²) in [6.45, 7) is 7.18. The van der Waals surface area contributed by atoms with Crippen molar-refractivity contribution in [1.82, 2.24) is 20.2 Å². The van der Waals surface area contributed by atoms with Crippen LogP contribution in [-0.4, -0.2) is 52.2 Å². The number of amides is 3. The summed E-state index contributed by atoms with van der Waals surface area (Å²) in [6, 6.07) is 6.88. The van der Waals surface area contributed by atoms with Crippen LogP contribution in [0.4, 0.5) is 11.5 Å². The summed E-state index contributed by atoms with van der Waals surface area (Å²) in [5, 5.41) is 5.93. The lowest BCUT2D eigenvalue weighted by Gasteiger charge is -2.22. The van der Waals surface area contributed by atoms with E-state index in [0.29, 0.717) is 35.9 Å². The van der Waals surface area contributed by atoms with E-state index in [-0.39, 0.29) is 11.6 Å². The van der Waals surface area contributed by atoms with Gasteiger partial charge in [0, 0.05) is 19.3 Å². The highest BCUT2D eigenvalue weighted by molar-refractivity contribution is 5.97. The van der Waals surface area contributed by atoms with E-state index >= 15 is 0 Å². The third kappa shape index (κ3) is 6.28. The molecule has 0 saturated heterocycles. The smallest absolute Gasteiger partial charge is 0.298 e. The van der Waals surface area contributed by atoms with E-state index in [1.807, 2.05) is 24.3 Å². The number of primary amides is 1. The van der Waals surface area contributed by atoms with Crippen LogP contribution >= 0.6 is 0 Å². The van der Waals surface area contributed by atoms with Crippen molar-refractivity contribution in [3.63, 3.8) is 0 Å². The maximum atomic E-state index is 12.3. The van der Waals surface area contributed by atoms with Crippen molar-refractivity contribution in [2.45, 2.75) is 40.2 Å². The number of aromatic nitrogens is 2. The molecule has 1 heterocycles. The van der Waals surface area contributed by atoms with Crippen molar-refractivity contribution in [2.24, 2.45) is 5.73 Å². The fourth-order valence-electron chi connectivity index (χ4n) is 2.83. The van der Waals surface area contributed by atoms with Gasteiger partial charge in [-0.05, 0) is 57.7 Å². The summed E-state index contributed by atoms with van der Waals surface area (Å²) < 4.78 is 0. The van der Waals surface area contributed by atoms with Crippen LogP contribution in [0.2, 0.25) is 0 Å². The molecule has 0 aliphatic carbocycles. The van der Waals surface area contributed by atoms with Crippen LogP contribution in [0.3, 0.4) is 0 Å². The van der Waals surface area contributed by atoms with Gasteiger partial charge in [0.15, 0.2) is 11.5 Å². The van der Waals surface area contributed by atoms with Crippen LogP contribution in [0.1, 0.15) is 41.3 Å². The molecular weight excluding hydrogens is 408 g/mol. The minimum Gasteiger partial charge on any atom is -0.364 e. The van der Waals surface area contributed by atoms with Gasteiger partial charge >= 0.3 is 0 Å². The van der Waals surface area contributed by atoms with Gasteiger partial charge in [-0.15, -0.1) is 0 Å². The number of hydrogen-bond acceptors (Lipinski definition) is 6. The Labute approximate surface area is 187 Å². The number of carbonyl (C=O) groups is 3. The molecule has 1 aromatic heterocycles. The average Bonchev–Trinajstić information content (AvgIpc) is 2.75. The lowest BCUT2D eigenvalue weighted by molar-refractivity contribution is -0.134. The molecule has 9 nitrogen and oxygen atoms in total. The lowest BCUT2D eigenvalue weighted by Crippen LogP contribution is -2.46. The largest absolute Gasteiger partial charge is 0.364 e. The van der Waals surface area contributed by atoms with Gasteiger partial charge < -0.3 is 21.3 Å². The highest BCUT2D eigenvalue weighted by Crippen LogP contribution is 2.20. The molecular formula is C23H28N6O3. The molecule has 32 heavy (non-hydrogen) atoms. The summed E-state index contributed by atoms with van der Waals surface area (Å²) in [5.41, 5.74) is 8.52. The normalized spacial score (nSPS) is 11.0. The van der Waals surface area contributed by atoms with E-state index in [2.05, 4.69) is 32.4 Å². The zero-order valence-corrected chi connectivity index (χ0v) is 18.9. The van der Waals surface area contributed by atoms with Crippen LogP contribution in [0.25, 0.3) is 0 Å². The van der Waals surface area contributed by atoms with Crippen molar-refractivity contribution >= 4 is 29.2 Å². The fourth-order valence-corrected chi connectivity index (χ4v) is 2.83. The molecule has 2 aromatic rings. The molecule has 0 saturated carbocycles. The molecule has 0 bridgehead atoms. The number of carbonyl (C=O) groups excluding carboxylic acids is 3. The Morgan fingerprint density at radius 2 is 1.88 bits per heavy atom. The Bertz CT molecular complexity index is 1090. The van der Waals surface area contributed by atoms with Crippen molar-refractivity contribution in [3.05, 3.63) is 46.9 Å². The number of aryl methyl sites for hydroxylation is 2. The minimum absolute atomic E-state index is 0.0752. The molecule has 0 radical (unpaired) electrons. The second-order valence-corrected chi connectivity index (χ2v) is 7.29. The summed E-state index contributed by atoms with van der Waals surface area (Å²) >= 11 is 0. The second-order valence-electron chi connectivity index (χ2n) is 7.29. The molecule has 168 valence electrons. The molecule has 0 aliphatic rings. The molecule has 4 N–H and O–H groups in total. The number of rotatable bonds is 8. The quantitative estimate of drug-likeness (QED) is 0.537. The molecule has 1 unspecified atom stereocenters. The molecule has 0 spiro atoms. The van der Waals surface area contributed by atoms with Gasteiger partial charge in [0.2, 0.25) is 5.91 Å². The van der Waals surface area contributed by atoms with Crippen LogP contribution < -0.4 is 16.4 Å². The minimum atomic E-state index is -0.663. The number of nitrogens with two attached hydrogens (primary N) is 1. The van der Waals surface area contributed by atoms with E-state index in [1.165, 1.54) is 4.90 Å². The van der Waals surface area contributed by atoms with Crippen molar-refractivity contribution in [1.29, 1.82) is 0 Å². The zero-order valence-electron chi connectivity index (χ0n) is 18.9. The van der Waals surface area contributed by atoms with Gasteiger partial charge in [-0.25, -0.2) is 9.97 Å². The Morgan fingerprint density at radius 3 is 2.53 bits per heavy atom. The molecule has 0 fully saturated rings. The number of anilines is 2. The van der Waals surface area contributed by atoms with Gasteiger partial charge in [-0.1, -0.05) is 18.1 Å². The zero-order chi connectivity index (χ0) is 23.8. The number of nitrogens with one attached hydrogen (secondary N) is 2. The molecule has 2 rings (SSSR count). The maximum Gasteiger partial charge on any atom is 0.298 e. The first-order valence-electron chi connectivity index (χ1n) is 10.1. The SMILES string of the molecule is CC#CC(=O)N(C)C(C)C(=O)NCCc1cccc(Nc2nc(C)c(C)nc2C(N)=O)c1. The summed E-state index contributed by atoms with van der Waals surface area (Å²) in [5.74, 6) is 3.92. The third-order valence-corrected chi connectivity index (χ3v) is 4.96. The first kappa shape index (κ1) is 24.3. The first-order valence-corrected chi connectivity index (χ1v) is 10.1. The van der Waals surface area contributed by atoms with Gasteiger partial charge in [-0.3, -0.25) is 14.4 Å². The lowest BCUT2D eigenvalue weighted by atomic mass is 10.1. The van der Waals surface area contributed by atoms with Crippen molar-refractivity contribution < 1.29 is 14.4 Å². The van der Waals surface area contributed by atoms with Crippen molar-refractivity contribution in [3.8, 4) is 11.8 Å². The molecule has 9 heteroatoms. The van der Waals surface area contributed by atoms with E-state index in [4.69, 9.17) is 5.73 Å². The Morgan fingerprint density at radius 1 is 1.19 bits per heavy atom. The third-order valence-electron chi connectivity index (χ3n) is 4.96. The number of hydrogen-bond donors (Lipinski definition) is 3. The van der Waals surface area contributed by atoms with Gasteiger partial charge in [0.05, 0.1) is 11.4 Å². The monoisotopic (exact) mass is 436 g/mol. The van der Waals surface area contributed by atoms with Crippen LogP contribution in [0.5, 0.6) is 0 Å². The fraction of sp³-hybridized carbons (Fsp3) is 0.348. The first-order chi connectivity index (χ1) is 15.1. The van der Waals surface area contributed by atoms with E-state index in [0.717, 1.165) is 5.56 Å². The second kappa shape index (κ2) is 10.9.